The summed E-state index contributed by atoms with van der Waals surface area (Å²) >= 11 is 0. The summed E-state index contributed by atoms with van der Waals surface area (Å²) in [7, 11) is 0. The van der Waals surface area contributed by atoms with Crippen molar-refractivity contribution in [3.8, 4) is 34.5 Å². The quantitative estimate of drug-likeness (QED) is 0.0367. The van der Waals surface area contributed by atoms with E-state index < -0.39 is 27.1 Å². The van der Waals surface area contributed by atoms with Crippen LogP contribution in [-0.4, -0.2) is 37.1 Å². The molecule has 10 aliphatic heterocycles. The van der Waals surface area contributed by atoms with Gasteiger partial charge in [0.2, 0.25) is 0 Å². The number of carbonyl (C=O) groups is 4. The van der Waals surface area contributed by atoms with Gasteiger partial charge in [-0.1, -0.05) is 52.4 Å². The second kappa shape index (κ2) is 7.70. The summed E-state index contributed by atoms with van der Waals surface area (Å²) in [6, 6.07) is 27.3. The molecule has 0 saturated carbocycles. The van der Waals surface area contributed by atoms with Crippen LogP contribution in [0.3, 0.4) is 0 Å². The molecule has 61 heavy (non-hydrogen) atoms. The van der Waals surface area contributed by atoms with Crippen LogP contribution in [0.1, 0.15) is 85.9 Å². The first-order valence-electron chi connectivity index (χ1n) is 22.3. The number of carbonyl (C=O) groups excluding carboxylic acids is 4. The summed E-state index contributed by atoms with van der Waals surface area (Å²) in [5.74, 6) is 1.83. The van der Waals surface area contributed by atoms with Gasteiger partial charge in [0.25, 0.3) is 0 Å². The second-order valence-corrected chi connectivity index (χ2v) is 44.3. The fraction of sp³-hybridized carbons (Fsp3) is 0.440. The molecule has 8 unspecified atom stereocenters. The Morgan fingerprint density at radius 1 is 0.426 bits per heavy atom. The monoisotopic (exact) mass is 866 g/mol. The molecule has 10 fully saturated rings. The third-order valence-corrected chi connectivity index (χ3v) is 65.2. The SMILES string of the molecule is CCCCCCOc1ccc(C(=O)Oc2ccc(OC(=O)[C]34[CH]5[CH]6[CH]7[CH]3[Fe]6754389%10[CH]4[CH]3[CH]8[C]9(C(=O)Oc3ccc(OC(=O)c5ccc(OCCCCCC)cc5)cc3)[CH]4%10)cc2)cc1. The van der Waals surface area contributed by atoms with Crippen LogP contribution in [0.5, 0.6) is 34.5 Å². The maximum atomic E-state index is 14.5. The maximum absolute atomic E-state index is 14.5. The van der Waals surface area contributed by atoms with Crippen molar-refractivity contribution in [3.63, 3.8) is 0 Å². The van der Waals surface area contributed by atoms with Crippen LogP contribution in [0.15, 0.2) is 97.1 Å². The zero-order valence-corrected chi connectivity index (χ0v) is 35.5. The van der Waals surface area contributed by atoms with Crippen molar-refractivity contribution in [2.45, 2.75) is 112 Å². The molecule has 4 aromatic rings. The van der Waals surface area contributed by atoms with Crippen LogP contribution >= 0.6 is 0 Å². The molecular weight excluding hydrogens is 816 g/mol. The Labute approximate surface area is 344 Å². The molecule has 0 radical (unpaired) electrons. The molecule has 4 aromatic carbocycles. The summed E-state index contributed by atoms with van der Waals surface area (Å²) < 4.78 is 34.6. The standard InChI is InChI=1S/2C25H25O5.Fe/c2*1-2-3-4-7-18-28-21-12-10-20(11-13-21)25(27)30-23-16-14-22(15-17-23)29-24(26)19-8-5-6-9-19;/h2*5-6,8-17H,2-4,7,18H2,1H3;. The summed E-state index contributed by atoms with van der Waals surface area (Å²) in [5.41, 5.74) is 0.830. The average molecular weight is 867 g/mol. The van der Waals surface area contributed by atoms with E-state index in [9.17, 15) is 19.2 Å². The van der Waals surface area contributed by atoms with Gasteiger partial charge in [0, 0.05) is 0 Å². The number of esters is 4. The number of hydrogen-bond acceptors (Lipinski definition) is 10. The van der Waals surface area contributed by atoms with Crippen molar-refractivity contribution >= 4 is 23.9 Å². The number of benzene rings is 4. The summed E-state index contributed by atoms with van der Waals surface area (Å²) in [5, 5.41) is 0. The Balaban J connectivity index is 0.620. The van der Waals surface area contributed by atoms with Crippen molar-refractivity contribution in [1.82, 2.24) is 0 Å². The van der Waals surface area contributed by atoms with Crippen molar-refractivity contribution in [3.05, 3.63) is 108 Å². The van der Waals surface area contributed by atoms with Crippen molar-refractivity contribution in [2.24, 2.45) is 0 Å². The zero-order chi connectivity index (χ0) is 41.5. The van der Waals surface area contributed by atoms with Gasteiger partial charge < -0.3 is 9.47 Å². The van der Waals surface area contributed by atoms with Gasteiger partial charge in [-0.15, -0.1) is 0 Å². The number of fused-ring (bicyclic) bond motifs is 10. The van der Waals surface area contributed by atoms with E-state index in [1.807, 2.05) is 0 Å². The van der Waals surface area contributed by atoms with Crippen LogP contribution in [0, 0.1) is 0 Å². The summed E-state index contributed by atoms with van der Waals surface area (Å²) in [6.07, 6.45) is 9.02. The molecule has 10 nitrogen and oxygen atoms in total. The van der Waals surface area contributed by atoms with Gasteiger partial charge in [-0.25, -0.2) is 0 Å². The van der Waals surface area contributed by atoms with E-state index in [-0.39, 0.29) is 11.9 Å². The predicted molar refractivity (Wildman–Crippen MR) is 222 cm³/mol. The van der Waals surface area contributed by atoms with E-state index in [1.165, 1.54) is 25.7 Å². The molecular formula is C50H50FeO10. The summed E-state index contributed by atoms with van der Waals surface area (Å²) in [6.45, 7) is 0.974. The Bertz CT molecular complexity index is 2760. The van der Waals surface area contributed by atoms with Gasteiger partial charge in [0.05, 0.1) is 13.2 Å². The zero-order valence-electron chi connectivity index (χ0n) is 34.4. The number of rotatable bonds is 20. The Hall–Kier alpha value is -5.12. The Morgan fingerprint density at radius 2 is 0.738 bits per heavy atom. The van der Waals surface area contributed by atoms with Gasteiger partial charge in [-0.2, -0.15) is 0 Å². The van der Waals surface area contributed by atoms with Crippen molar-refractivity contribution in [1.29, 1.82) is 0 Å². The van der Waals surface area contributed by atoms with E-state index in [0.717, 1.165) is 37.2 Å². The van der Waals surface area contributed by atoms with Crippen molar-refractivity contribution in [2.75, 3.05) is 13.2 Å². The fourth-order valence-electron chi connectivity index (χ4n) is 22.3. The van der Waals surface area contributed by atoms with Gasteiger partial charge in [0.15, 0.2) is 0 Å². The Morgan fingerprint density at radius 3 is 1.05 bits per heavy atom. The molecule has 10 saturated heterocycles. The molecule has 1 spiro atoms. The summed E-state index contributed by atoms with van der Waals surface area (Å²) in [4.78, 5) is 59.0. The first kappa shape index (κ1) is 35.5. The predicted octanol–water partition coefficient (Wildman–Crippen LogP) is 11.7. The fourth-order valence-corrected chi connectivity index (χ4v) is 97.2. The molecule has 10 heterocycles. The molecule has 0 amide bonds. The Kier molecular flexibility index (Phi) is 4.48. The van der Waals surface area contributed by atoms with E-state index in [4.69, 9.17) is 28.4 Å². The molecule has 0 bridgehead atoms. The first-order valence-corrected chi connectivity index (χ1v) is 28.5. The number of hydrogen-bond donors (Lipinski definition) is 0. The molecule has 8 atom stereocenters. The molecule has 0 N–H and O–H groups in total. The van der Waals surface area contributed by atoms with Crippen LogP contribution in [0.4, 0.5) is 0 Å². The molecule has 0 aliphatic carbocycles. The van der Waals surface area contributed by atoms with Crippen LogP contribution in [-0.2, 0) is 16.1 Å². The van der Waals surface area contributed by atoms with E-state index in [2.05, 4.69) is 13.8 Å². The molecule has 10 aliphatic rings. The van der Waals surface area contributed by atoms with Crippen LogP contribution < -0.4 is 28.4 Å². The molecule has 318 valence electrons. The molecule has 11 heteroatoms. The van der Waals surface area contributed by atoms with Crippen molar-refractivity contribution < 1.29 is 54.1 Å². The normalized spacial score (nSPS) is 42.2. The topological polar surface area (TPSA) is 124 Å². The van der Waals surface area contributed by atoms with Gasteiger partial charge in [0.1, 0.15) is 11.5 Å². The molecule has 14 rings (SSSR count). The van der Waals surface area contributed by atoms with Crippen LogP contribution in [0.25, 0.3) is 0 Å². The molecule has 0 aromatic heterocycles. The minimum atomic E-state index is -4.68. The van der Waals surface area contributed by atoms with Gasteiger partial charge in [-0.05, 0) is 12.8 Å². The number of ether oxygens (including phenoxy) is 6. The third kappa shape index (κ3) is 1.59. The van der Waals surface area contributed by atoms with Gasteiger partial charge >= 0.3 is 247 Å². The van der Waals surface area contributed by atoms with Crippen LogP contribution in [0.2, 0.25) is 47.2 Å². The van der Waals surface area contributed by atoms with E-state index in [0.29, 0.717) is 85.9 Å². The number of unbranched alkanes of at least 4 members (excludes halogenated alkanes) is 6. The van der Waals surface area contributed by atoms with Gasteiger partial charge in [-0.3, -0.25) is 0 Å². The van der Waals surface area contributed by atoms with E-state index >= 15 is 0 Å². The third-order valence-electron chi connectivity index (χ3n) is 22.6. The van der Waals surface area contributed by atoms with E-state index in [1.54, 1.807) is 97.1 Å². The minimum absolute atomic E-state index is 0.112. The second-order valence-electron chi connectivity index (χ2n) is 21.1. The first-order chi connectivity index (χ1) is 29.5. The average Bonchev–Trinajstić information content (AvgIpc) is 4.23.